The summed E-state index contributed by atoms with van der Waals surface area (Å²) in [5.74, 6) is -1.86. The molecule has 1 atom stereocenters. The van der Waals surface area contributed by atoms with Gasteiger partial charge in [-0.15, -0.1) is 0 Å². The Labute approximate surface area is 251 Å². The number of nitrogens with zero attached hydrogens (tertiary/aromatic N) is 3. The monoisotopic (exact) mass is 583 g/mol. The molecule has 1 fully saturated rings. The van der Waals surface area contributed by atoms with Gasteiger partial charge < -0.3 is 14.7 Å². The van der Waals surface area contributed by atoms with Crippen molar-refractivity contribution in [1.29, 1.82) is 0 Å². The van der Waals surface area contributed by atoms with Crippen molar-refractivity contribution in [3.63, 3.8) is 0 Å². The highest BCUT2D eigenvalue weighted by atomic mass is 19.3. The largest absolute Gasteiger partial charge is 0.374 e. The van der Waals surface area contributed by atoms with E-state index in [1.165, 1.54) is 56.0 Å². The number of rotatable bonds is 8. The van der Waals surface area contributed by atoms with Crippen molar-refractivity contribution in [2.45, 2.75) is 99.3 Å². The van der Waals surface area contributed by atoms with Crippen LogP contribution >= 0.6 is 0 Å². The molecule has 0 radical (unpaired) electrons. The maximum atomic E-state index is 11.9. The summed E-state index contributed by atoms with van der Waals surface area (Å²) < 4.78 is 23.8. The number of hydrogen-bond donors (Lipinski definition) is 2. The third kappa shape index (κ3) is 12.5. The van der Waals surface area contributed by atoms with Gasteiger partial charge in [0.1, 0.15) is 6.29 Å². The van der Waals surface area contributed by atoms with Gasteiger partial charge in [0.2, 0.25) is 5.92 Å². The van der Waals surface area contributed by atoms with Crippen LogP contribution in [-0.4, -0.2) is 51.6 Å². The number of aromatic amines is 2. The smallest absolute Gasteiger partial charge is 0.247 e. The summed E-state index contributed by atoms with van der Waals surface area (Å²) in [6.45, 7) is 17.2. The number of nitrogens with one attached hydrogen (secondary N) is 2. The Kier molecular flexibility index (Phi) is 17.0. The minimum Gasteiger partial charge on any atom is -0.374 e. The molecule has 2 aromatic heterocycles. The SMILES string of the molecule is CC/C=C(/N=C/C=C(\C)N1CCC(c2cn[nH]c2)C1)c1ccc2cc(C)[nH]c2c1.CC=O.CCC.CCC(F)(F)CC. The molecule has 232 valence electrons. The first kappa shape index (κ1) is 36.5. The fourth-order valence-corrected chi connectivity index (χ4v) is 4.29. The number of aryl methyl sites for hydroxylation is 1. The van der Waals surface area contributed by atoms with E-state index >= 15 is 0 Å². The van der Waals surface area contributed by atoms with E-state index < -0.39 is 5.92 Å². The van der Waals surface area contributed by atoms with Crippen LogP contribution in [0.5, 0.6) is 0 Å². The fourth-order valence-electron chi connectivity index (χ4n) is 4.29. The molecule has 0 saturated carbocycles. The molecule has 0 aliphatic carbocycles. The molecule has 8 heteroatoms. The number of aromatic nitrogens is 3. The number of carbonyl (C=O) groups is 1. The zero-order valence-corrected chi connectivity index (χ0v) is 26.8. The second-order valence-electron chi connectivity index (χ2n) is 10.3. The summed E-state index contributed by atoms with van der Waals surface area (Å²) in [5, 5.41) is 8.25. The van der Waals surface area contributed by atoms with E-state index in [1.54, 1.807) is 0 Å². The number of allylic oxidation sites excluding steroid dienone is 3. The molecule has 1 aliphatic rings. The normalized spacial score (nSPS) is 15.5. The van der Waals surface area contributed by atoms with Gasteiger partial charge in [-0.25, -0.2) is 8.78 Å². The summed E-state index contributed by atoms with van der Waals surface area (Å²) in [5.41, 5.74) is 7.06. The average molecular weight is 584 g/mol. The predicted molar refractivity (Wildman–Crippen MR) is 174 cm³/mol. The molecule has 3 heterocycles. The quantitative estimate of drug-likeness (QED) is 0.205. The summed E-state index contributed by atoms with van der Waals surface area (Å²) in [6.07, 6.45) is 14.2. The summed E-state index contributed by atoms with van der Waals surface area (Å²) in [7, 11) is 0. The number of fused-ring (bicyclic) bond motifs is 1. The lowest BCUT2D eigenvalue weighted by Gasteiger charge is -2.18. The molecule has 0 spiro atoms. The zero-order valence-electron chi connectivity index (χ0n) is 26.8. The van der Waals surface area contributed by atoms with Gasteiger partial charge in [-0.05, 0) is 62.8 Å². The minimum absolute atomic E-state index is 0.0382. The van der Waals surface area contributed by atoms with Gasteiger partial charge in [0.05, 0.1) is 11.9 Å². The van der Waals surface area contributed by atoms with Crippen LogP contribution < -0.4 is 0 Å². The molecule has 42 heavy (non-hydrogen) atoms. The van der Waals surface area contributed by atoms with Crippen molar-refractivity contribution >= 4 is 29.1 Å². The van der Waals surface area contributed by atoms with Crippen molar-refractivity contribution in [2.24, 2.45) is 4.99 Å². The van der Waals surface area contributed by atoms with Crippen LogP contribution in [0.15, 0.2) is 59.5 Å². The highest BCUT2D eigenvalue weighted by Crippen LogP contribution is 2.28. The van der Waals surface area contributed by atoms with Gasteiger partial charge in [-0.1, -0.05) is 59.2 Å². The number of likely N-dealkylation sites (tertiary alicyclic amines) is 1. The maximum Gasteiger partial charge on any atom is 0.247 e. The number of aliphatic imine (C=N–C) groups is 1. The van der Waals surface area contributed by atoms with Gasteiger partial charge in [0, 0.05) is 66.7 Å². The number of hydrogen-bond acceptors (Lipinski definition) is 4. The first-order valence-corrected chi connectivity index (χ1v) is 15.1. The number of halogens is 2. The first-order chi connectivity index (χ1) is 20.1. The van der Waals surface area contributed by atoms with Crippen LogP contribution in [-0.2, 0) is 4.79 Å². The van der Waals surface area contributed by atoms with E-state index in [-0.39, 0.29) is 12.8 Å². The maximum absolute atomic E-state index is 11.9. The van der Waals surface area contributed by atoms with E-state index in [1.807, 2.05) is 18.6 Å². The Balaban J connectivity index is 0.000000574. The average Bonchev–Trinajstić information content (AvgIpc) is 3.74. The lowest BCUT2D eigenvalue weighted by molar-refractivity contribution is -0.106. The van der Waals surface area contributed by atoms with E-state index in [0.29, 0.717) is 5.92 Å². The highest BCUT2D eigenvalue weighted by Gasteiger charge is 2.24. The Morgan fingerprint density at radius 1 is 1.17 bits per heavy atom. The Morgan fingerprint density at radius 3 is 2.38 bits per heavy atom. The first-order valence-electron chi connectivity index (χ1n) is 15.1. The van der Waals surface area contributed by atoms with Gasteiger partial charge in [0.15, 0.2) is 0 Å². The standard InChI is InChI=1S/C24H29N5.C5H10F2.C3H8.C2H4O/c1-4-5-23(20-7-6-19-12-17(2)28-24(19)13-20)25-10-8-18(3)29-11-9-21(16-29)22-14-26-27-15-22;1-3-5(6,7)4-2;1-3-2;1-2-3/h5-8,10,12-15,21,28H,4,9,11,16H2,1-3H3,(H,26,27);3-4H2,1-2H3;3H2,1-2H3;2H,1H3/b18-8+,23-5+,25-10+;;;. The number of benzene rings is 1. The second-order valence-corrected chi connectivity index (χ2v) is 10.3. The molecule has 1 unspecified atom stereocenters. The van der Waals surface area contributed by atoms with Crippen molar-refractivity contribution < 1.29 is 13.6 Å². The Hall–Kier alpha value is -3.55. The van der Waals surface area contributed by atoms with Gasteiger partial charge >= 0.3 is 0 Å². The molecule has 2 N–H and O–H groups in total. The van der Waals surface area contributed by atoms with Gasteiger partial charge in [-0.3, -0.25) is 10.1 Å². The molecular weight excluding hydrogens is 532 g/mol. The third-order valence-corrected chi connectivity index (χ3v) is 6.69. The van der Waals surface area contributed by atoms with Crippen LogP contribution in [0.3, 0.4) is 0 Å². The number of aldehydes is 1. The molecule has 6 nitrogen and oxygen atoms in total. The molecule has 0 amide bonds. The molecular formula is C34H51F2N5O. The number of carbonyl (C=O) groups excluding carboxylic acids is 1. The number of H-pyrrole nitrogens is 2. The van der Waals surface area contributed by atoms with Crippen LogP contribution in [0.4, 0.5) is 8.78 Å². The molecule has 1 aliphatic heterocycles. The molecule has 4 rings (SSSR count). The topological polar surface area (TPSA) is 77.1 Å². The van der Waals surface area contributed by atoms with Gasteiger partial charge in [-0.2, -0.15) is 5.10 Å². The van der Waals surface area contributed by atoms with Crippen molar-refractivity contribution in [3.05, 3.63) is 71.3 Å². The Morgan fingerprint density at radius 2 is 1.83 bits per heavy atom. The summed E-state index contributed by atoms with van der Waals surface area (Å²) in [4.78, 5) is 19.4. The van der Waals surface area contributed by atoms with Crippen LogP contribution in [0.2, 0.25) is 0 Å². The lowest BCUT2D eigenvalue weighted by atomic mass is 10.0. The third-order valence-electron chi connectivity index (χ3n) is 6.69. The van der Waals surface area contributed by atoms with E-state index in [2.05, 4.69) is 91.1 Å². The fraction of sp³-hybridized carbons (Fsp3) is 0.500. The van der Waals surface area contributed by atoms with Crippen LogP contribution in [0.25, 0.3) is 16.6 Å². The zero-order chi connectivity index (χ0) is 31.5. The molecule has 1 saturated heterocycles. The van der Waals surface area contributed by atoms with E-state index in [9.17, 15) is 8.78 Å². The van der Waals surface area contributed by atoms with Gasteiger partial charge in [0.25, 0.3) is 0 Å². The molecule has 3 aromatic rings. The minimum atomic E-state index is -2.42. The predicted octanol–water partition coefficient (Wildman–Crippen LogP) is 9.48. The van der Waals surface area contributed by atoms with E-state index in [4.69, 9.17) is 9.79 Å². The molecule has 0 bridgehead atoms. The van der Waals surface area contributed by atoms with Crippen molar-refractivity contribution in [1.82, 2.24) is 20.1 Å². The Bertz CT molecular complexity index is 1250. The summed E-state index contributed by atoms with van der Waals surface area (Å²) >= 11 is 0. The van der Waals surface area contributed by atoms with Crippen molar-refractivity contribution in [2.75, 3.05) is 13.1 Å². The summed E-state index contributed by atoms with van der Waals surface area (Å²) in [6, 6.07) is 8.67. The van der Waals surface area contributed by atoms with E-state index in [0.717, 1.165) is 42.6 Å². The molecule has 1 aromatic carbocycles. The second kappa shape index (κ2) is 19.5. The van der Waals surface area contributed by atoms with Crippen LogP contribution in [0.1, 0.15) is 103 Å². The van der Waals surface area contributed by atoms with Crippen LogP contribution in [0, 0.1) is 6.92 Å². The lowest BCUT2D eigenvalue weighted by Crippen LogP contribution is -2.18. The van der Waals surface area contributed by atoms with Crippen molar-refractivity contribution in [3.8, 4) is 0 Å². The number of alkyl halides is 2. The highest BCUT2D eigenvalue weighted by molar-refractivity contribution is 5.86.